The van der Waals surface area contributed by atoms with Gasteiger partial charge in [0.05, 0.1) is 12.1 Å². The highest BCUT2D eigenvalue weighted by molar-refractivity contribution is 5.80. The molecule has 0 radical (unpaired) electrons. The van der Waals surface area contributed by atoms with Gasteiger partial charge in [0, 0.05) is 56.4 Å². The number of nitrogens with zero attached hydrogens (tertiary/aromatic N) is 5. The van der Waals surface area contributed by atoms with Crippen LogP contribution in [0.1, 0.15) is 37.3 Å². The van der Waals surface area contributed by atoms with Crippen LogP contribution in [0.5, 0.6) is 0 Å². The first-order valence-corrected chi connectivity index (χ1v) is 9.10. The lowest BCUT2D eigenvalue weighted by Crippen LogP contribution is -2.47. The predicted molar refractivity (Wildman–Crippen MR) is 94.1 cm³/mol. The predicted octanol–water partition coefficient (Wildman–Crippen LogP) is 1.82. The minimum absolute atomic E-state index is 0.0521. The van der Waals surface area contributed by atoms with Crippen LogP contribution in [0.2, 0.25) is 0 Å². The molecule has 4 heterocycles. The van der Waals surface area contributed by atoms with Crippen molar-refractivity contribution in [2.24, 2.45) is 5.92 Å². The van der Waals surface area contributed by atoms with Gasteiger partial charge in [-0.2, -0.15) is 5.10 Å². The summed E-state index contributed by atoms with van der Waals surface area (Å²) in [7, 11) is 0. The van der Waals surface area contributed by atoms with Gasteiger partial charge in [-0.25, -0.2) is 4.98 Å². The Bertz CT molecular complexity index is 689. The summed E-state index contributed by atoms with van der Waals surface area (Å²) in [6.45, 7) is 3.34. The first kappa shape index (κ1) is 16.1. The molecule has 2 unspecified atom stereocenters. The summed E-state index contributed by atoms with van der Waals surface area (Å²) in [5.41, 5.74) is 1.14. The zero-order valence-corrected chi connectivity index (χ0v) is 14.3. The number of carbonyl (C=O) groups excluding carboxylic acids is 1. The van der Waals surface area contributed by atoms with Crippen molar-refractivity contribution in [3.63, 3.8) is 0 Å². The molecule has 1 N–H and O–H groups in total. The van der Waals surface area contributed by atoms with Crippen molar-refractivity contribution in [2.45, 2.75) is 31.6 Å². The van der Waals surface area contributed by atoms with Gasteiger partial charge in [-0.15, -0.1) is 0 Å². The van der Waals surface area contributed by atoms with Crippen LogP contribution in [0, 0.1) is 5.92 Å². The Hall–Kier alpha value is -2.44. The summed E-state index contributed by atoms with van der Waals surface area (Å²) in [5, 5.41) is 7.12. The van der Waals surface area contributed by atoms with Crippen molar-refractivity contribution in [3.05, 3.63) is 36.5 Å². The third-order valence-electron chi connectivity index (χ3n) is 5.34. The Morgan fingerprint density at radius 2 is 2.04 bits per heavy atom. The molecule has 132 valence electrons. The number of aromatic amines is 1. The zero-order valence-electron chi connectivity index (χ0n) is 14.3. The fraction of sp³-hybridized carbons (Fsp3) is 0.556. The fourth-order valence-electron chi connectivity index (χ4n) is 4.02. The molecule has 2 atom stereocenters. The summed E-state index contributed by atoms with van der Waals surface area (Å²) in [6.07, 6.45) is 11.1. The van der Waals surface area contributed by atoms with E-state index in [-0.39, 0.29) is 11.8 Å². The molecule has 7 heteroatoms. The van der Waals surface area contributed by atoms with E-state index in [1.54, 1.807) is 24.8 Å². The molecule has 2 aliphatic heterocycles. The molecule has 0 bridgehead atoms. The standard InChI is InChI=1S/C18H24N6O/c25-18(24-10-1-3-14(12-24)16-5-6-21-22-16)15-4-2-9-23(13-15)17-11-19-7-8-20-17/h5-8,11,14-15H,1-4,9-10,12-13H2,(H,21,22). The highest BCUT2D eigenvalue weighted by Gasteiger charge is 2.33. The SMILES string of the molecule is O=C(C1CCCN(c2cnccn2)C1)N1CCCC(c2ccn[nH]2)C1. The maximum atomic E-state index is 13.1. The van der Waals surface area contributed by atoms with Crippen LogP contribution in [0.4, 0.5) is 5.82 Å². The highest BCUT2D eigenvalue weighted by atomic mass is 16.2. The first-order chi connectivity index (χ1) is 12.3. The Labute approximate surface area is 147 Å². The van der Waals surface area contributed by atoms with E-state index < -0.39 is 0 Å². The van der Waals surface area contributed by atoms with Crippen molar-refractivity contribution < 1.29 is 4.79 Å². The van der Waals surface area contributed by atoms with Crippen LogP contribution in [0.25, 0.3) is 0 Å². The lowest BCUT2D eigenvalue weighted by Gasteiger charge is -2.38. The highest BCUT2D eigenvalue weighted by Crippen LogP contribution is 2.28. The number of H-pyrrole nitrogens is 1. The van der Waals surface area contributed by atoms with Crippen LogP contribution >= 0.6 is 0 Å². The van der Waals surface area contributed by atoms with Crippen LogP contribution in [0.3, 0.4) is 0 Å². The van der Waals surface area contributed by atoms with Crippen molar-refractivity contribution in [3.8, 4) is 0 Å². The molecular weight excluding hydrogens is 316 g/mol. The van der Waals surface area contributed by atoms with Gasteiger partial charge in [0.2, 0.25) is 5.91 Å². The van der Waals surface area contributed by atoms with Gasteiger partial charge in [0.1, 0.15) is 5.82 Å². The number of aromatic nitrogens is 4. The summed E-state index contributed by atoms with van der Waals surface area (Å²) >= 11 is 0. The molecule has 0 spiro atoms. The van der Waals surface area contributed by atoms with Gasteiger partial charge < -0.3 is 9.80 Å². The molecular formula is C18H24N6O. The summed E-state index contributed by atoms with van der Waals surface area (Å²) in [5.74, 6) is 1.59. The minimum Gasteiger partial charge on any atom is -0.355 e. The molecule has 1 amide bonds. The lowest BCUT2D eigenvalue weighted by molar-refractivity contribution is -0.137. The van der Waals surface area contributed by atoms with E-state index in [4.69, 9.17) is 0 Å². The van der Waals surface area contributed by atoms with E-state index in [9.17, 15) is 4.79 Å². The largest absolute Gasteiger partial charge is 0.355 e. The van der Waals surface area contributed by atoms with E-state index >= 15 is 0 Å². The van der Waals surface area contributed by atoms with E-state index in [1.165, 1.54) is 0 Å². The number of rotatable bonds is 3. The Morgan fingerprint density at radius 1 is 1.12 bits per heavy atom. The van der Waals surface area contributed by atoms with Crippen molar-refractivity contribution >= 4 is 11.7 Å². The molecule has 25 heavy (non-hydrogen) atoms. The number of anilines is 1. The summed E-state index contributed by atoms with van der Waals surface area (Å²) < 4.78 is 0. The topological polar surface area (TPSA) is 78.0 Å². The minimum atomic E-state index is 0.0521. The Morgan fingerprint density at radius 3 is 2.84 bits per heavy atom. The molecule has 0 aliphatic carbocycles. The normalized spacial score (nSPS) is 24.3. The van der Waals surface area contributed by atoms with Gasteiger partial charge in [-0.3, -0.25) is 14.9 Å². The second-order valence-corrected chi connectivity index (χ2v) is 6.98. The smallest absolute Gasteiger partial charge is 0.227 e. The molecule has 7 nitrogen and oxygen atoms in total. The number of likely N-dealkylation sites (tertiary alicyclic amines) is 1. The molecule has 2 aromatic heterocycles. The average molecular weight is 340 g/mol. The van der Waals surface area contributed by atoms with Crippen LogP contribution in [0.15, 0.2) is 30.9 Å². The quantitative estimate of drug-likeness (QED) is 0.922. The van der Waals surface area contributed by atoms with Gasteiger partial charge in [-0.1, -0.05) is 0 Å². The summed E-state index contributed by atoms with van der Waals surface area (Å²) in [6, 6.07) is 2.02. The number of nitrogens with one attached hydrogen (secondary N) is 1. The third kappa shape index (κ3) is 3.50. The van der Waals surface area contributed by atoms with Crippen LogP contribution < -0.4 is 4.90 Å². The van der Waals surface area contributed by atoms with Gasteiger partial charge in [0.25, 0.3) is 0 Å². The van der Waals surface area contributed by atoms with E-state index in [0.717, 1.165) is 63.4 Å². The monoisotopic (exact) mass is 340 g/mol. The lowest BCUT2D eigenvalue weighted by atomic mass is 9.91. The number of amides is 1. The van der Waals surface area contributed by atoms with Crippen molar-refractivity contribution in [2.75, 3.05) is 31.1 Å². The molecule has 0 aromatic carbocycles. The van der Waals surface area contributed by atoms with E-state index in [1.807, 2.05) is 6.07 Å². The Kier molecular flexibility index (Phi) is 4.63. The first-order valence-electron chi connectivity index (χ1n) is 9.10. The molecule has 4 rings (SSSR count). The second-order valence-electron chi connectivity index (χ2n) is 6.98. The van der Waals surface area contributed by atoms with Gasteiger partial charge >= 0.3 is 0 Å². The average Bonchev–Trinajstić information content (AvgIpc) is 3.23. The van der Waals surface area contributed by atoms with Gasteiger partial charge in [0.15, 0.2) is 0 Å². The van der Waals surface area contributed by atoms with Crippen molar-refractivity contribution in [1.29, 1.82) is 0 Å². The number of carbonyl (C=O) groups is 1. The fourth-order valence-corrected chi connectivity index (χ4v) is 4.02. The number of hydrogen-bond donors (Lipinski definition) is 1. The summed E-state index contributed by atoms with van der Waals surface area (Å²) in [4.78, 5) is 25.9. The molecule has 2 saturated heterocycles. The van der Waals surface area contributed by atoms with Crippen LogP contribution in [-0.4, -0.2) is 57.2 Å². The molecule has 2 aliphatic rings. The second kappa shape index (κ2) is 7.21. The number of piperidine rings is 2. The number of hydrogen-bond acceptors (Lipinski definition) is 5. The molecule has 0 saturated carbocycles. The van der Waals surface area contributed by atoms with Crippen LogP contribution in [-0.2, 0) is 4.79 Å². The maximum Gasteiger partial charge on any atom is 0.227 e. The maximum absolute atomic E-state index is 13.1. The third-order valence-corrected chi connectivity index (χ3v) is 5.34. The van der Waals surface area contributed by atoms with E-state index in [0.29, 0.717) is 5.92 Å². The molecule has 2 aromatic rings. The van der Waals surface area contributed by atoms with E-state index in [2.05, 4.69) is 30.0 Å². The molecule has 2 fully saturated rings. The van der Waals surface area contributed by atoms with Gasteiger partial charge in [-0.05, 0) is 31.7 Å². The van der Waals surface area contributed by atoms with Crippen molar-refractivity contribution in [1.82, 2.24) is 25.1 Å². The zero-order chi connectivity index (χ0) is 17.1. The Balaban J connectivity index is 1.41.